The van der Waals surface area contributed by atoms with Crippen LogP contribution in [0.3, 0.4) is 0 Å². The van der Waals surface area contributed by atoms with E-state index in [4.69, 9.17) is 10.5 Å². The number of carbonyl (C=O) groups excluding carboxylic acids is 1. The molecule has 0 aromatic heterocycles. The molecule has 6 heteroatoms. The summed E-state index contributed by atoms with van der Waals surface area (Å²) in [6, 6.07) is 3.75. The average molecular weight is 307 g/mol. The number of hydrogen-bond donors (Lipinski definition) is 2. The zero-order valence-corrected chi connectivity index (χ0v) is 13.3. The highest BCUT2D eigenvalue weighted by Gasteiger charge is 2.26. The number of carbonyl (C=O) groups is 1. The van der Waals surface area contributed by atoms with Gasteiger partial charge in [0.05, 0.1) is 17.1 Å². The number of nitrogens with two attached hydrogens (primary N) is 1. The Morgan fingerprint density at radius 2 is 2.19 bits per heavy atom. The zero-order valence-electron chi connectivity index (χ0n) is 12.4. The number of rotatable bonds is 1. The van der Waals surface area contributed by atoms with Gasteiger partial charge in [-0.15, -0.1) is 0 Å². The molecule has 3 N–H and O–H groups in total. The van der Waals surface area contributed by atoms with Crippen LogP contribution in [0.5, 0.6) is 5.75 Å². The lowest BCUT2D eigenvalue weighted by Gasteiger charge is -2.27. The predicted octanol–water partition coefficient (Wildman–Crippen LogP) is 2.32. The molecule has 5 nitrogen and oxygen atoms in total. The van der Waals surface area contributed by atoms with Crippen molar-refractivity contribution in [1.82, 2.24) is 0 Å². The molecule has 0 spiro atoms. The summed E-state index contributed by atoms with van der Waals surface area (Å²) < 4.78 is 5.70. The third kappa shape index (κ3) is 3.05. The fourth-order valence-electron chi connectivity index (χ4n) is 2.67. The van der Waals surface area contributed by atoms with Gasteiger partial charge in [-0.2, -0.15) is 11.8 Å². The fraction of sp³-hybridized carbons (Fsp3) is 0.533. The molecule has 21 heavy (non-hydrogen) atoms. The number of nitrogen functional groups attached to an aromatic ring is 1. The maximum Gasteiger partial charge on any atom is 0.262 e. The van der Waals surface area contributed by atoms with Crippen molar-refractivity contribution < 1.29 is 9.53 Å². The van der Waals surface area contributed by atoms with Crippen LogP contribution in [0.15, 0.2) is 12.1 Å². The molecular weight excluding hydrogens is 286 g/mol. The molecular formula is C15H21N3O2S. The van der Waals surface area contributed by atoms with Crippen molar-refractivity contribution in [2.45, 2.75) is 25.0 Å². The number of thioether (sulfide) groups is 1. The van der Waals surface area contributed by atoms with E-state index in [1.54, 1.807) is 0 Å². The number of benzene rings is 1. The van der Waals surface area contributed by atoms with E-state index in [1.165, 1.54) is 0 Å². The van der Waals surface area contributed by atoms with E-state index < -0.39 is 0 Å². The first kappa shape index (κ1) is 14.4. The number of nitrogens with zero attached hydrogens (tertiary/aromatic N) is 1. The lowest BCUT2D eigenvalue weighted by Crippen LogP contribution is -2.29. The van der Waals surface area contributed by atoms with Gasteiger partial charge in [0, 0.05) is 29.7 Å². The van der Waals surface area contributed by atoms with Crippen molar-refractivity contribution >= 4 is 34.7 Å². The van der Waals surface area contributed by atoms with Crippen molar-refractivity contribution in [3.05, 3.63) is 12.1 Å². The van der Waals surface area contributed by atoms with Crippen molar-refractivity contribution in [2.75, 3.05) is 41.4 Å². The first-order valence-electron chi connectivity index (χ1n) is 7.20. The first-order chi connectivity index (χ1) is 9.94. The SMILES string of the molecule is CC1(C)CCN(c2cc3c(cc2N)OCC(=O)N3)CCS1. The monoisotopic (exact) mass is 307 g/mol. The van der Waals surface area contributed by atoms with Crippen LogP contribution in [0.4, 0.5) is 17.1 Å². The maximum absolute atomic E-state index is 11.5. The predicted molar refractivity (Wildman–Crippen MR) is 88.3 cm³/mol. The van der Waals surface area contributed by atoms with Crippen LogP contribution in [0.25, 0.3) is 0 Å². The van der Waals surface area contributed by atoms with Gasteiger partial charge in [-0.1, -0.05) is 13.8 Å². The summed E-state index contributed by atoms with van der Waals surface area (Å²) in [7, 11) is 0. The van der Waals surface area contributed by atoms with Crippen LogP contribution < -0.4 is 20.7 Å². The molecule has 0 aliphatic carbocycles. The quantitative estimate of drug-likeness (QED) is 0.779. The standard InChI is InChI=1S/C15H21N3O2S/c1-15(2)3-4-18(5-6-21-15)12-8-11-13(7-10(12)16)20-9-14(19)17-11/h7-8H,3-6,9,16H2,1-2H3,(H,17,19). The van der Waals surface area contributed by atoms with Crippen LogP contribution in [-0.4, -0.2) is 36.1 Å². The maximum atomic E-state index is 11.5. The van der Waals surface area contributed by atoms with Gasteiger partial charge in [-0.3, -0.25) is 4.79 Å². The minimum Gasteiger partial charge on any atom is -0.482 e. The zero-order chi connectivity index (χ0) is 15.0. The van der Waals surface area contributed by atoms with Gasteiger partial charge < -0.3 is 20.7 Å². The van der Waals surface area contributed by atoms with E-state index >= 15 is 0 Å². The summed E-state index contributed by atoms with van der Waals surface area (Å²) in [4.78, 5) is 13.8. The Labute approximate surface area is 129 Å². The number of anilines is 3. The van der Waals surface area contributed by atoms with E-state index in [0.29, 0.717) is 21.9 Å². The normalized spacial score (nSPS) is 21.0. The summed E-state index contributed by atoms with van der Waals surface area (Å²) in [5.41, 5.74) is 8.59. The Bertz CT molecular complexity index is 574. The Morgan fingerprint density at radius 1 is 1.38 bits per heavy atom. The van der Waals surface area contributed by atoms with E-state index in [0.717, 1.165) is 31.0 Å². The van der Waals surface area contributed by atoms with Gasteiger partial charge >= 0.3 is 0 Å². The number of fused-ring (bicyclic) bond motifs is 1. The van der Waals surface area contributed by atoms with Crippen LogP contribution in [-0.2, 0) is 4.79 Å². The minimum atomic E-state index is -0.120. The molecule has 2 aliphatic heterocycles. The summed E-state index contributed by atoms with van der Waals surface area (Å²) in [6.07, 6.45) is 1.11. The highest BCUT2D eigenvalue weighted by Crippen LogP contribution is 2.39. The Hall–Kier alpha value is -1.56. The second-order valence-electron chi connectivity index (χ2n) is 6.09. The molecule has 1 saturated heterocycles. The van der Waals surface area contributed by atoms with Crippen molar-refractivity contribution in [3.63, 3.8) is 0 Å². The summed E-state index contributed by atoms with van der Waals surface area (Å²) in [6.45, 7) is 6.56. The second kappa shape index (κ2) is 5.33. The Balaban J connectivity index is 1.88. The van der Waals surface area contributed by atoms with Gasteiger partial charge in [0.15, 0.2) is 6.61 Å². The molecule has 0 saturated carbocycles. The molecule has 1 aromatic rings. The van der Waals surface area contributed by atoms with Crippen molar-refractivity contribution in [1.29, 1.82) is 0 Å². The third-order valence-electron chi connectivity index (χ3n) is 3.94. The first-order valence-corrected chi connectivity index (χ1v) is 8.18. The van der Waals surface area contributed by atoms with E-state index in [9.17, 15) is 4.79 Å². The molecule has 2 aliphatic rings. The lowest BCUT2D eigenvalue weighted by molar-refractivity contribution is -0.118. The highest BCUT2D eigenvalue weighted by molar-refractivity contribution is 8.00. The molecule has 3 rings (SSSR count). The molecule has 0 radical (unpaired) electrons. The summed E-state index contributed by atoms with van der Waals surface area (Å²) >= 11 is 2.00. The summed E-state index contributed by atoms with van der Waals surface area (Å²) in [5.74, 6) is 1.61. The third-order valence-corrected chi connectivity index (χ3v) is 5.31. The number of nitrogens with one attached hydrogen (secondary N) is 1. The smallest absolute Gasteiger partial charge is 0.262 e. The minimum absolute atomic E-state index is 0.0559. The molecule has 1 fully saturated rings. The molecule has 0 bridgehead atoms. The van der Waals surface area contributed by atoms with E-state index in [-0.39, 0.29) is 12.5 Å². The van der Waals surface area contributed by atoms with E-state index in [1.807, 2.05) is 23.9 Å². The number of hydrogen-bond acceptors (Lipinski definition) is 5. The van der Waals surface area contributed by atoms with Crippen LogP contribution in [0, 0.1) is 0 Å². The van der Waals surface area contributed by atoms with E-state index in [2.05, 4.69) is 24.1 Å². The van der Waals surface area contributed by atoms with Gasteiger partial charge in [0.2, 0.25) is 0 Å². The molecule has 114 valence electrons. The number of amides is 1. The van der Waals surface area contributed by atoms with Crippen LogP contribution >= 0.6 is 11.8 Å². The average Bonchev–Trinajstić information content (AvgIpc) is 2.59. The Kier molecular flexibility index (Phi) is 3.65. The van der Waals surface area contributed by atoms with Gasteiger partial charge in [0.25, 0.3) is 5.91 Å². The largest absolute Gasteiger partial charge is 0.482 e. The molecule has 0 atom stereocenters. The fourth-order valence-corrected chi connectivity index (χ4v) is 3.77. The molecule has 0 unspecified atom stereocenters. The van der Waals surface area contributed by atoms with Crippen LogP contribution in [0.1, 0.15) is 20.3 Å². The molecule has 2 heterocycles. The van der Waals surface area contributed by atoms with Crippen LogP contribution in [0.2, 0.25) is 0 Å². The molecule has 1 amide bonds. The highest BCUT2D eigenvalue weighted by atomic mass is 32.2. The molecule has 1 aromatic carbocycles. The topological polar surface area (TPSA) is 67.6 Å². The summed E-state index contributed by atoms with van der Waals surface area (Å²) in [5, 5.41) is 2.85. The Morgan fingerprint density at radius 3 is 3.00 bits per heavy atom. The lowest BCUT2D eigenvalue weighted by atomic mass is 10.1. The van der Waals surface area contributed by atoms with Gasteiger partial charge in [-0.05, 0) is 12.5 Å². The van der Waals surface area contributed by atoms with Gasteiger partial charge in [-0.25, -0.2) is 0 Å². The van der Waals surface area contributed by atoms with Crippen molar-refractivity contribution in [3.8, 4) is 5.75 Å². The second-order valence-corrected chi connectivity index (χ2v) is 7.89. The number of ether oxygens (including phenoxy) is 1. The van der Waals surface area contributed by atoms with Gasteiger partial charge in [0.1, 0.15) is 5.75 Å². The van der Waals surface area contributed by atoms with Crippen molar-refractivity contribution in [2.24, 2.45) is 0 Å².